The van der Waals surface area contributed by atoms with Crippen molar-refractivity contribution in [2.24, 2.45) is 11.3 Å². The van der Waals surface area contributed by atoms with Crippen LogP contribution in [-0.2, 0) is 19.1 Å². The molecule has 10 heteroatoms. The van der Waals surface area contributed by atoms with E-state index in [0.29, 0.717) is 13.0 Å². The molecule has 2 aliphatic heterocycles. The summed E-state index contributed by atoms with van der Waals surface area (Å²) in [5, 5.41) is 0. The molecule has 2 heterocycles. The van der Waals surface area contributed by atoms with Crippen molar-refractivity contribution in [2.75, 3.05) is 13.2 Å². The van der Waals surface area contributed by atoms with E-state index in [1.54, 1.807) is 34.6 Å². The van der Waals surface area contributed by atoms with Gasteiger partial charge in [0.05, 0.1) is 12.2 Å². The zero-order chi connectivity index (χ0) is 26.0. The van der Waals surface area contributed by atoms with Crippen LogP contribution >= 0.6 is 0 Å². The molecule has 1 saturated heterocycles. The second-order valence-corrected chi connectivity index (χ2v) is 13.1. The van der Waals surface area contributed by atoms with Crippen LogP contribution in [0.5, 0.6) is 5.75 Å². The van der Waals surface area contributed by atoms with Gasteiger partial charge in [-0.2, -0.15) is 17.2 Å². The highest BCUT2D eigenvalue weighted by atomic mass is 32.2. The summed E-state index contributed by atoms with van der Waals surface area (Å²) in [5.74, 6) is -5.48. The van der Waals surface area contributed by atoms with E-state index < -0.39 is 60.6 Å². The average Bonchev–Trinajstić information content (AvgIpc) is 2.99. The van der Waals surface area contributed by atoms with Crippen LogP contribution in [0.1, 0.15) is 59.9 Å². The summed E-state index contributed by atoms with van der Waals surface area (Å²) in [6.07, 6.45) is 1.45. The Hall–Kier alpha value is -1.88. The van der Waals surface area contributed by atoms with Gasteiger partial charge in [-0.15, -0.1) is 0 Å². The highest BCUT2D eigenvalue weighted by Gasteiger charge is 2.61. The SMILES string of the molecule is CC1=C([C@@H]2CCNOC(C)(C)C2)C2(S(=O)(=O)OCC(C)(C)C)C=C(c3ccc(F)c(c3)O2)C1(F)F. The van der Waals surface area contributed by atoms with Gasteiger partial charge in [-0.1, -0.05) is 26.8 Å². The number of benzene rings is 1. The van der Waals surface area contributed by atoms with Crippen LogP contribution in [0, 0.1) is 17.2 Å². The van der Waals surface area contributed by atoms with Gasteiger partial charge in [0.15, 0.2) is 11.6 Å². The number of alkyl halides is 2. The van der Waals surface area contributed by atoms with Crippen LogP contribution in [0.25, 0.3) is 5.57 Å². The first-order chi connectivity index (χ1) is 16.0. The third-order valence-electron chi connectivity index (χ3n) is 6.53. The Morgan fingerprint density at radius 1 is 1.23 bits per heavy atom. The van der Waals surface area contributed by atoms with Crippen molar-refractivity contribution in [1.29, 1.82) is 0 Å². The number of halogens is 3. The number of hydrogen-bond donors (Lipinski definition) is 1. The normalized spacial score (nSPS) is 28.0. The smallest absolute Gasteiger partial charge is 0.317 e. The fourth-order valence-electron chi connectivity index (χ4n) is 4.91. The third kappa shape index (κ3) is 4.54. The maximum absolute atomic E-state index is 15.9. The molecule has 0 spiro atoms. The largest absolute Gasteiger partial charge is 0.458 e. The third-order valence-corrected chi connectivity index (χ3v) is 8.13. The van der Waals surface area contributed by atoms with Crippen LogP contribution in [0.2, 0.25) is 0 Å². The molecule has 4 bridgehead atoms. The van der Waals surface area contributed by atoms with E-state index in [9.17, 15) is 12.8 Å². The van der Waals surface area contributed by atoms with Gasteiger partial charge in [0.1, 0.15) is 0 Å². The average molecular weight is 516 g/mol. The predicted molar refractivity (Wildman–Crippen MR) is 126 cm³/mol. The van der Waals surface area contributed by atoms with Gasteiger partial charge < -0.3 is 4.74 Å². The van der Waals surface area contributed by atoms with Crippen LogP contribution in [-0.4, -0.2) is 38.0 Å². The van der Waals surface area contributed by atoms with Crippen LogP contribution in [0.15, 0.2) is 35.4 Å². The van der Waals surface area contributed by atoms with Gasteiger partial charge >= 0.3 is 10.1 Å². The van der Waals surface area contributed by atoms with Crippen molar-refractivity contribution >= 4 is 15.7 Å². The molecule has 0 amide bonds. The van der Waals surface area contributed by atoms with Crippen LogP contribution < -0.4 is 10.2 Å². The van der Waals surface area contributed by atoms with Crippen LogP contribution in [0.4, 0.5) is 13.2 Å². The first-order valence-electron chi connectivity index (χ1n) is 11.6. The predicted octanol–water partition coefficient (Wildman–Crippen LogP) is 5.37. The highest BCUT2D eigenvalue weighted by molar-refractivity contribution is 7.88. The fraction of sp³-hybridized carbons (Fsp3) is 0.600. The lowest BCUT2D eigenvalue weighted by Crippen LogP contribution is -2.52. The maximum Gasteiger partial charge on any atom is 0.317 e. The summed E-state index contributed by atoms with van der Waals surface area (Å²) in [5.41, 5.74) is 0.327. The number of ether oxygens (including phenoxy) is 1. The number of nitrogens with one attached hydrogen (secondary N) is 1. The number of hydrogen-bond acceptors (Lipinski definition) is 6. The minimum Gasteiger partial charge on any atom is -0.458 e. The molecule has 0 radical (unpaired) electrons. The molecule has 2 atom stereocenters. The summed E-state index contributed by atoms with van der Waals surface area (Å²) in [4.78, 5) is 3.17. The Morgan fingerprint density at radius 3 is 2.57 bits per heavy atom. The molecule has 1 unspecified atom stereocenters. The number of rotatable bonds is 4. The lowest BCUT2D eigenvalue weighted by molar-refractivity contribution is -0.0801. The zero-order valence-electron chi connectivity index (χ0n) is 20.8. The molecule has 1 aromatic carbocycles. The molecule has 194 valence electrons. The quantitative estimate of drug-likeness (QED) is 0.430. The van der Waals surface area contributed by atoms with Gasteiger partial charge in [0.2, 0.25) is 0 Å². The Bertz CT molecular complexity index is 1200. The number of allylic oxidation sites excluding steroid dienone is 2. The number of hydroxylamine groups is 1. The van der Waals surface area contributed by atoms with Crippen molar-refractivity contribution in [3.05, 3.63) is 46.8 Å². The molecule has 1 N–H and O–H groups in total. The van der Waals surface area contributed by atoms with Crippen LogP contribution in [0.3, 0.4) is 0 Å². The summed E-state index contributed by atoms with van der Waals surface area (Å²) >= 11 is 0. The molecular formula is C25H32F3NO5S. The molecule has 0 saturated carbocycles. The minimum atomic E-state index is -4.74. The molecule has 3 aliphatic rings. The topological polar surface area (TPSA) is 73.9 Å². The monoisotopic (exact) mass is 515 g/mol. The second-order valence-electron chi connectivity index (χ2n) is 11.3. The second kappa shape index (κ2) is 8.33. The van der Waals surface area contributed by atoms with E-state index in [4.69, 9.17) is 13.8 Å². The van der Waals surface area contributed by atoms with Gasteiger partial charge in [-0.25, -0.2) is 9.87 Å². The van der Waals surface area contributed by atoms with Gasteiger partial charge in [-0.05, 0) is 68.7 Å². The zero-order valence-corrected chi connectivity index (χ0v) is 21.6. The Labute approximate surface area is 204 Å². The van der Waals surface area contributed by atoms with E-state index in [0.717, 1.165) is 18.2 Å². The van der Waals surface area contributed by atoms with E-state index >= 15 is 8.78 Å². The fourth-order valence-corrected chi connectivity index (χ4v) is 6.63. The van der Waals surface area contributed by atoms with Gasteiger partial charge in [0.25, 0.3) is 10.9 Å². The first-order valence-corrected chi connectivity index (χ1v) is 13.0. The lowest BCUT2D eigenvalue weighted by Gasteiger charge is -2.42. The molecule has 0 aromatic heterocycles. The summed E-state index contributed by atoms with van der Waals surface area (Å²) in [6.45, 7) is 10.2. The Balaban J connectivity index is 2.00. The summed E-state index contributed by atoms with van der Waals surface area (Å²) < 4.78 is 86.0. The molecule has 1 fully saturated rings. The standard InChI is InChI=1S/C25H32F3NO5S/c1-15-21(17-9-10-29-34-23(5,6)12-17)24(35(30,31)32-14-22(2,3)4)13-18(25(15,27)28)16-7-8-19(26)20(11-16)33-24/h7-8,11,13,17,29H,9-10,12,14H2,1-6H3/t17-,24?/m1/s1. The Kier molecular flexibility index (Phi) is 6.23. The van der Waals surface area contributed by atoms with Gasteiger partial charge in [-0.3, -0.25) is 9.02 Å². The van der Waals surface area contributed by atoms with E-state index in [1.165, 1.54) is 13.0 Å². The minimum absolute atomic E-state index is 0.0103. The van der Waals surface area contributed by atoms with Crippen molar-refractivity contribution in [2.45, 2.75) is 70.8 Å². The molecule has 35 heavy (non-hydrogen) atoms. The molecule has 1 aromatic rings. The van der Waals surface area contributed by atoms with Gasteiger partial charge in [0, 0.05) is 23.3 Å². The number of fused-ring (bicyclic) bond motifs is 4. The van der Waals surface area contributed by atoms with E-state index in [2.05, 4.69) is 5.48 Å². The van der Waals surface area contributed by atoms with Crippen molar-refractivity contribution in [1.82, 2.24) is 5.48 Å². The van der Waals surface area contributed by atoms with Crippen molar-refractivity contribution in [3.8, 4) is 5.75 Å². The molecule has 1 aliphatic carbocycles. The van der Waals surface area contributed by atoms with Crippen molar-refractivity contribution < 1.29 is 35.3 Å². The lowest BCUT2D eigenvalue weighted by atomic mass is 9.75. The molecule has 6 nitrogen and oxygen atoms in total. The van der Waals surface area contributed by atoms with Crippen molar-refractivity contribution in [3.63, 3.8) is 0 Å². The summed E-state index contributed by atoms with van der Waals surface area (Å²) in [7, 11) is -4.74. The maximum atomic E-state index is 15.9. The molecular weight excluding hydrogens is 483 g/mol. The van der Waals surface area contributed by atoms with E-state index in [-0.39, 0.29) is 24.2 Å². The summed E-state index contributed by atoms with van der Waals surface area (Å²) in [6, 6.07) is 3.32. The van der Waals surface area contributed by atoms with E-state index in [1.807, 2.05) is 0 Å². The molecule has 4 rings (SSSR count). The first kappa shape index (κ1) is 26.2. The Morgan fingerprint density at radius 2 is 1.91 bits per heavy atom. The highest BCUT2D eigenvalue weighted by Crippen LogP contribution is 2.56.